The summed E-state index contributed by atoms with van der Waals surface area (Å²) in [6.07, 6.45) is 0. The molecule has 0 aliphatic heterocycles. The van der Waals surface area contributed by atoms with E-state index >= 15 is 0 Å². The number of likely N-dealkylation sites (N-methyl/N-ethyl adjacent to an activating group) is 1. The number of anilines is 1. The maximum absolute atomic E-state index is 11.2. The van der Waals surface area contributed by atoms with Gasteiger partial charge in [0.25, 0.3) is 5.69 Å². The Morgan fingerprint density at radius 2 is 2.06 bits per heavy atom. The molecule has 0 radical (unpaired) electrons. The van der Waals surface area contributed by atoms with Crippen molar-refractivity contribution < 1.29 is 14.8 Å². The molecule has 6 nitrogen and oxygen atoms in total. The van der Waals surface area contributed by atoms with Gasteiger partial charge < -0.3 is 10.0 Å². The van der Waals surface area contributed by atoms with Crippen molar-refractivity contribution in [3.05, 3.63) is 32.8 Å². The predicted molar refractivity (Wildman–Crippen MR) is 70.9 cm³/mol. The van der Waals surface area contributed by atoms with Crippen molar-refractivity contribution >= 4 is 33.3 Å². The molecule has 1 aromatic rings. The number of carboxylic acid groups (broad SMARTS) is 1. The molecule has 0 unspecified atom stereocenters. The summed E-state index contributed by atoms with van der Waals surface area (Å²) in [5.74, 6) is -1.05. The predicted octanol–water partition coefficient (Wildman–Crippen LogP) is 2.66. The van der Waals surface area contributed by atoms with Crippen molar-refractivity contribution in [1.29, 1.82) is 0 Å². The van der Waals surface area contributed by atoms with Gasteiger partial charge in [-0.25, -0.2) is 4.79 Å². The molecule has 0 atom stereocenters. The highest BCUT2D eigenvalue weighted by Gasteiger charge is 2.35. The minimum atomic E-state index is -1.24. The molecule has 1 aromatic carbocycles. The Balaban J connectivity index is 3.33. The lowest BCUT2D eigenvalue weighted by atomic mass is 10.0. The number of hydrogen-bond donors (Lipinski definition) is 1. The second-order valence-electron chi connectivity index (χ2n) is 4.31. The molecular formula is C11H13BrN2O4. The fourth-order valence-electron chi connectivity index (χ4n) is 1.37. The van der Waals surface area contributed by atoms with Gasteiger partial charge in [-0.1, -0.05) is 15.9 Å². The van der Waals surface area contributed by atoms with Crippen LogP contribution in [0.1, 0.15) is 13.8 Å². The van der Waals surface area contributed by atoms with Crippen LogP contribution in [0.5, 0.6) is 0 Å². The zero-order chi connectivity index (χ0) is 14.1. The minimum absolute atomic E-state index is 0.138. The van der Waals surface area contributed by atoms with Gasteiger partial charge in [-0.05, 0) is 26.0 Å². The number of carboxylic acids is 1. The zero-order valence-corrected chi connectivity index (χ0v) is 11.8. The van der Waals surface area contributed by atoms with Crippen LogP contribution in [0.15, 0.2) is 22.7 Å². The lowest BCUT2D eigenvalue weighted by Gasteiger charge is -2.33. The lowest BCUT2D eigenvalue weighted by molar-refractivity contribution is -0.384. The van der Waals surface area contributed by atoms with E-state index in [-0.39, 0.29) is 11.4 Å². The smallest absolute Gasteiger partial charge is 0.328 e. The first-order chi connectivity index (χ1) is 8.17. The average molecular weight is 317 g/mol. The van der Waals surface area contributed by atoms with Crippen LogP contribution in [0.25, 0.3) is 0 Å². The minimum Gasteiger partial charge on any atom is -0.480 e. The Hall–Kier alpha value is -1.63. The number of nitro benzene ring substituents is 1. The quantitative estimate of drug-likeness (QED) is 0.682. The van der Waals surface area contributed by atoms with E-state index in [0.717, 1.165) is 0 Å². The van der Waals surface area contributed by atoms with Crippen LogP contribution in [0.3, 0.4) is 0 Å². The molecule has 0 amide bonds. The first kappa shape index (κ1) is 14.4. The summed E-state index contributed by atoms with van der Waals surface area (Å²) in [5, 5.41) is 20.1. The van der Waals surface area contributed by atoms with Crippen LogP contribution < -0.4 is 4.90 Å². The van der Waals surface area contributed by atoms with Gasteiger partial charge in [0.15, 0.2) is 0 Å². The summed E-state index contributed by atoms with van der Waals surface area (Å²) in [5.41, 5.74) is -1.12. The second-order valence-corrected chi connectivity index (χ2v) is 5.23. The molecule has 0 spiro atoms. The van der Waals surface area contributed by atoms with E-state index in [9.17, 15) is 14.9 Å². The van der Waals surface area contributed by atoms with Gasteiger partial charge in [0.1, 0.15) is 11.2 Å². The van der Waals surface area contributed by atoms with Crippen molar-refractivity contribution in [3.63, 3.8) is 0 Å². The van der Waals surface area contributed by atoms with Gasteiger partial charge in [-0.3, -0.25) is 10.1 Å². The van der Waals surface area contributed by atoms with Gasteiger partial charge >= 0.3 is 5.97 Å². The number of benzene rings is 1. The normalized spacial score (nSPS) is 11.1. The summed E-state index contributed by atoms with van der Waals surface area (Å²) in [6, 6.07) is 4.51. The third-order valence-corrected chi connectivity index (χ3v) is 3.35. The van der Waals surface area contributed by atoms with E-state index in [2.05, 4.69) is 15.9 Å². The molecule has 0 fully saturated rings. The number of halogens is 1. The largest absolute Gasteiger partial charge is 0.480 e. The number of aliphatic carboxylic acids is 1. The van der Waals surface area contributed by atoms with Gasteiger partial charge in [-0.2, -0.15) is 0 Å². The van der Waals surface area contributed by atoms with E-state index in [0.29, 0.717) is 4.47 Å². The van der Waals surface area contributed by atoms with Crippen molar-refractivity contribution in [3.8, 4) is 0 Å². The van der Waals surface area contributed by atoms with E-state index in [4.69, 9.17) is 5.11 Å². The van der Waals surface area contributed by atoms with Gasteiger partial charge in [0, 0.05) is 17.6 Å². The van der Waals surface area contributed by atoms with Crippen LogP contribution in [0.4, 0.5) is 11.4 Å². The summed E-state index contributed by atoms with van der Waals surface area (Å²) in [7, 11) is 1.52. The SMILES string of the molecule is CN(c1ccc(Br)cc1[N+](=O)[O-])C(C)(C)C(=O)O. The van der Waals surface area contributed by atoms with E-state index in [1.54, 1.807) is 6.07 Å². The summed E-state index contributed by atoms with van der Waals surface area (Å²) in [6.45, 7) is 2.97. The number of rotatable bonds is 4. The first-order valence-electron chi connectivity index (χ1n) is 5.09. The van der Waals surface area contributed by atoms with Crippen molar-refractivity contribution in [1.82, 2.24) is 0 Å². The Morgan fingerprint density at radius 3 is 2.50 bits per heavy atom. The highest BCUT2D eigenvalue weighted by Crippen LogP contribution is 2.34. The topological polar surface area (TPSA) is 83.7 Å². The van der Waals surface area contributed by atoms with Gasteiger partial charge in [-0.15, -0.1) is 0 Å². The average Bonchev–Trinajstić information content (AvgIpc) is 2.27. The molecule has 1 rings (SSSR count). The number of nitro groups is 1. The van der Waals surface area contributed by atoms with Gasteiger partial charge in [0.2, 0.25) is 0 Å². The van der Waals surface area contributed by atoms with Crippen LogP contribution in [0, 0.1) is 10.1 Å². The van der Waals surface area contributed by atoms with Crippen LogP contribution >= 0.6 is 15.9 Å². The fraction of sp³-hybridized carbons (Fsp3) is 0.364. The molecular weight excluding hydrogens is 304 g/mol. The zero-order valence-electron chi connectivity index (χ0n) is 10.2. The molecule has 7 heteroatoms. The molecule has 0 heterocycles. The summed E-state index contributed by atoms with van der Waals surface area (Å²) in [4.78, 5) is 23.0. The second kappa shape index (κ2) is 4.93. The molecule has 0 saturated carbocycles. The van der Waals surface area contributed by atoms with Crippen molar-refractivity contribution in [2.24, 2.45) is 0 Å². The molecule has 0 aliphatic rings. The number of carbonyl (C=O) groups is 1. The van der Waals surface area contributed by atoms with Crippen LogP contribution in [-0.2, 0) is 4.79 Å². The van der Waals surface area contributed by atoms with Crippen molar-refractivity contribution in [2.45, 2.75) is 19.4 Å². The Kier molecular flexibility index (Phi) is 3.95. The summed E-state index contributed by atoms with van der Waals surface area (Å²) >= 11 is 3.15. The Labute approximate surface area is 112 Å². The fourth-order valence-corrected chi connectivity index (χ4v) is 1.72. The highest BCUT2D eigenvalue weighted by molar-refractivity contribution is 9.10. The number of hydrogen-bond acceptors (Lipinski definition) is 4. The van der Waals surface area contributed by atoms with Crippen LogP contribution in [-0.4, -0.2) is 28.6 Å². The molecule has 0 aliphatic carbocycles. The highest BCUT2D eigenvalue weighted by atomic mass is 79.9. The molecule has 0 saturated heterocycles. The first-order valence-corrected chi connectivity index (χ1v) is 5.88. The number of nitrogens with zero attached hydrogens (tertiary/aromatic N) is 2. The van der Waals surface area contributed by atoms with E-state index in [1.807, 2.05) is 0 Å². The maximum Gasteiger partial charge on any atom is 0.328 e. The molecule has 18 heavy (non-hydrogen) atoms. The van der Waals surface area contributed by atoms with Gasteiger partial charge in [0.05, 0.1) is 4.92 Å². The van der Waals surface area contributed by atoms with E-state index in [1.165, 1.54) is 37.9 Å². The molecule has 98 valence electrons. The molecule has 0 bridgehead atoms. The Bertz CT molecular complexity index is 502. The van der Waals surface area contributed by atoms with E-state index < -0.39 is 16.4 Å². The molecule has 1 N–H and O–H groups in total. The standard InChI is InChI=1S/C11H13BrN2O4/c1-11(2,10(15)16)13(3)8-5-4-7(12)6-9(8)14(17)18/h4-6H,1-3H3,(H,15,16). The molecule has 0 aromatic heterocycles. The van der Waals surface area contributed by atoms with Crippen molar-refractivity contribution in [2.75, 3.05) is 11.9 Å². The monoisotopic (exact) mass is 316 g/mol. The summed E-state index contributed by atoms with van der Waals surface area (Å²) < 4.78 is 0.569. The third-order valence-electron chi connectivity index (χ3n) is 2.86. The maximum atomic E-state index is 11.2. The Morgan fingerprint density at radius 1 is 1.50 bits per heavy atom. The lowest BCUT2D eigenvalue weighted by Crippen LogP contribution is -2.48. The van der Waals surface area contributed by atoms with Crippen LogP contribution in [0.2, 0.25) is 0 Å². The third kappa shape index (κ3) is 2.61.